The molecule has 2 aliphatic rings. The summed E-state index contributed by atoms with van der Waals surface area (Å²) in [6.07, 6.45) is 4.28. The van der Waals surface area contributed by atoms with Crippen LogP contribution < -0.4 is 5.32 Å². The van der Waals surface area contributed by atoms with E-state index in [1.807, 2.05) is 0 Å². The van der Waals surface area contributed by atoms with Crippen molar-refractivity contribution in [2.24, 2.45) is 11.3 Å². The number of rotatable bonds is 5. The van der Waals surface area contributed by atoms with Gasteiger partial charge in [0, 0.05) is 31.1 Å². The quantitative estimate of drug-likeness (QED) is 0.840. The maximum absolute atomic E-state index is 12.5. The van der Waals surface area contributed by atoms with Gasteiger partial charge in [0.1, 0.15) is 11.1 Å². The smallest absolute Gasteiger partial charge is 0.239 e. The summed E-state index contributed by atoms with van der Waals surface area (Å²) in [6, 6.07) is 2.36. The molecule has 27 heavy (non-hydrogen) atoms. The first-order chi connectivity index (χ1) is 12.8. The fraction of sp³-hybridized carbons (Fsp3) is 0.714. The van der Waals surface area contributed by atoms with Gasteiger partial charge in [-0.3, -0.25) is 9.69 Å². The molecule has 0 unspecified atom stereocenters. The Bertz CT molecular complexity index is 725. The highest BCUT2D eigenvalue weighted by Crippen LogP contribution is 2.45. The van der Waals surface area contributed by atoms with Gasteiger partial charge in [-0.25, -0.2) is 0 Å². The van der Waals surface area contributed by atoms with E-state index in [0.717, 1.165) is 56.9 Å². The SMILES string of the molecule is CCC(C)(C)[C@@H]1CCc2c(sc(NC(=O)CN3CCN(C)CC3)c2C#N)C1. The molecular weight excluding hydrogens is 356 g/mol. The Morgan fingerprint density at radius 2 is 2.04 bits per heavy atom. The van der Waals surface area contributed by atoms with Crippen molar-refractivity contribution in [1.82, 2.24) is 9.80 Å². The molecule has 1 aliphatic carbocycles. The molecule has 0 bridgehead atoms. The van der Waals surface area contributed by atoms with Crippen LogP contribution in [0.2, 0.25) is 0 Å². The first kappa shape index (κ1) is 20.3. The fourth-order valence-corrected chi connectivity index (χ4v) is 5.42. The Balaban J connectivity index is 1.68. The van der Waals surface area contributed by atoms with E-state index < -0.39 is 0 Å². The summed E-state index contributed by atoms with van der Waals surface area (Å²) < 4.78 is 0. The van der Waals surface area contributed by atoms with Crippen molar-refractivity contribution in [3.63, 3.8) is 0 Å². The molecule has 2 heterocycles. The van der Waals surface area contributed by atoms with Gasteiger partial charge in [-0.1, -0.05) is 27.2 Å². The number of carbonyl (C=O) groups excluding carboxylic acids is 1. The van der Waals surface area contributed by atoms with Crippen molar-refractivity contribution in [2.45, 2.75) is 46.5 Å². The Labute approximate surface area is 167 Å². The van der Waals surface area contributed by atoms with E-state index >= 15 is 0 Å². The molecule has 3 rings (SSSR count). The Morgan fingerprint density at radius 1 is 1.33 bits per heavy atom. The number of thiophene rings is 1. The lowest BCUT2D eigenvalue weighted by Gasteiger charge is -2.36. The van der Waals surface area contributed by atoms with Crippen LogP contribution >= 0.6 is 11.3 Å². The highest BCUT2D eigenvalue weighted by molar-refractivity contribution is 7.16. The van der Waals surface area contributed by atoms with Gasteiger partial charge in [0.15, 0.2) is 0 Å². The second kappa shape index (κ2) is 8.30. The van der Waals surface area contributed by atoms with E-state index in [1.54, 1.807) is 11.3 Å². The van der Waals surface area contributed by atoms with Gasteiger partial charge in [-0.05, 0) is 43.2 Å². The predicted octanol–water partition coefficient (Wildman–Crippen LogP) is 3.35. The number of carbonyl (C=O) groups is 1. The largest absolute Gasteiger partial charge is 0.315 e. The molecule has 1 saturated heterocycles. The lowest BCUT2D eigenvalue weighted by Crippen LogP contribution is -2.47. The van der Waals surface area contributed by atoms with Crippen LogP contribution in [0.25, 0.3) is 0 Å². The zero-order valence-corrected chi connectivity index (χ0v) is 17.9. The van der Waals surface area contributed by atoms with Crippen LogP contribution in [0.1, 0.15) is 49.6 Å². The summed E-state index contributed by atoms with van der Waals surface area (Å²) >= 11 is 1.63. The van der Waals surface area contributed by atoms with Crippen molar-refractivity contribution in [1.29, 1.82) is 5.26 Å². The zero-order valence-electron chi connectivity index (χ0n) is 17.1. The van der Waals surface area contributed by atoms with Gasteiger partial charge in [-0.15, -0.1) is 11.3 Å². The normalized spacial score (nSPS) is 21.5. The Kier molecular flexibility index (Phi) is 6.25. The number of nitrogens with one attached hydrogen (secondary N) is 1. The average molecular weight is 389 g/mol. The fourth-order valence-electron chi connectivity index (χ4n) is 4.12. The van der Waals surface area contributed by atoms with Crippen molar-refractivity contribution in [3.8, 4) is 6.07 Å². The molecule has 1 atom stereocenters. The highest BCUT2D eigenvalue weighted by Gasteiger charge is 2.34. The second-order valence-electron chi connectivity index (χ2n) is 8.73. The number of fused-ring (bicyclic) bond motifs is 1. The number of nitrogens with zero attached hydrogens (tertiary/aromatic N) is 3. The molecule has 1 fully saturated rings. The van der Waals surface area contributed by atoms with E-state index in [4.69, 9.17) is 0 Å². The topological polar surface area (TPSA) is 59.4 Å². The number of amides is 1. The maximum atomic E-state index is 12.5. The average Bonchev–Trinajstić information content (AvgIpc) is 2.99. The predicted molar refractivity (Wildman–Crippen MR) is 111 cm³/mol. The first-order valence-electron chi connectivity index (χ1n) is 10.1. The number of piperazine rings is 1. The van der Waals surface area contributed by atoms with Crippen LogP contribution in [0.4, 0.5) is 5.00 Å². The summed E-state index contributed by atoms with van der Waals surface area (Å²) in [7, 11) is 2.11. The molecule has 5 nitrogen and oxygen atoms in total. The van der Waals surface area contributed by atoms with Crippen molar-refractivity contribution >= 4 is 22.2 Å². The van der Waals surface area contributed by atoms with Gasteiger partial charge < -0.3 is 10.2 Å². The van der Waals surface area contributed by atoms with Crippen LogP contribution in [-0.2, 0) is 17.6 Å². The monoisotopic (exact) mass is 388 g/mol. The molecule has 0 spiro atoms. The van der Waals surface area contributed by atoms with Gasteiger partial charge in [-0.2, -0.15) is 5.26 Å². The van der Waals surface area contributed by atoms with E-state index in [-0.39, 0.29) is 5.91 Å². The number of anilines is 1. The molecule has 0 saturated carbocycles. The number of nitriles is 1. The minimum atomic E-state index is 0.0000815. The summed E-state index contributed by atoms with van der Waals surface area (Å²) in [5.74, 6) is 0.647. The van der Waals surface area contributed by atoms with Crippen molar-refractivity contribution in [2.75, 3.05) is 45.1 Å². The third-order valence-electron chi connectivity index (χ3n) is 6.61. The molecule has 1 aliphatic heterocycles. The van der Waals surface area contributed by atoms with Crippen LogP contribution in [0.5, 0.6) is 0 Å². The minimum Gasteiger partial charge on any atom is -0.315 e. The highest BCUT2D eigenvalue weighted by atomic mass is 32.1. The van der Waals surface area contributed by atoms with E-state index in [2.05, 4.69) is 49.0 Å². The van der Waals surface area contributed by atoms with Crippen LogP contribution in [0.15, 0.2) is 0 Å². The summed E-state index contributed by atoms with van der Waals surface area (Å²) in [6.45, 7) is 11.2. The van der Waals surface area contributed by atoms with Gasteiger partial charge >= 0.3 is 0 Å². The molecule has 1 aromatic rings. The molecule has 148 valence electrons. The zero-order chi connectivity index (χ0) is 19.6. The molecule has 6 heteroatoms. The summed E-state index contributed by atoms with van der Waals surface area (Å²) in [5, 5.41) is 13.5. The summed E-state index contributed by atoms with van der Waals surface area (Å²) in [5.41, 5.74) is 2.20. The molecule has 0 aromatic carbocycles. The minimum absolute atomic E-state index is 0.0000815. The van der Waals surface area contributed by atoms with Gasteiger partial charge in [0.2, 0.25) is 5.91 Å². The standard InChI is InChI=1S/C21H32N4OS/c1-5-21(2,3)15-6-7-16-17(13-22)20(27-18(16)12-15)23-19(26)14-25-10-8-24(4)9-11-25/h15H,5-12,14H2,1-4H3,(H,23,26)/t15-/m1/s1. The lowest BCUT2D eigenvalue weighted by atomic mass is 9.69. The molecular formula is C21H32N4OS. The number of hydrogen-bond donors (Lipinski definition) is 1. The first-order valence-corrected chi connectivity index (χ1v) is 10.9. The van der Waals surface area contributed by atoms with Crippen LogP contribution in [0.3, 0.4) is 0 Å². The van der Waals surface area contributed by atoms with Crippen LogP contribution in [-0.4, -0.2) is 55.5 Å². The summed E-state index contributed by atoms with van der Waals surface area (Å²) in [4.78, 5) is 18.3. The second-order valence-corrected chi connectivity index (χ2v) is 9.83. The van der Waals surface area contributed by atoms with Gasteiger partial charge in [0.25, 0.3) is 0 Å². The van der Waals surface area contributed by atoms with Crippen LogP contribution in [0, 0.1) is 22.7 Å². The number of hydrogen-bond acceptors (Lipinski definition) is 5. The van der Waals surface area contributed by atoms with E-state index in [1.165, 1.54) is 10.4 Å². The third kappa shape index (κ3) is 4.53. The van der Waals surface area contributed by atoms with Crippen molar-refractivity contribution < 1.29 is 4.79 Å². The molecule has 0 radical (unpaired) electrons. The van der Waals surface area contributed by atoms with Crippen molar-refractivity contribution in [3.05, 3.63) is 16.0 Å². The Morgan fingerprint density at radius 3 is 2.67 bits per heavy atom. The third-order valence-corrected chi connectivity index (χ3v) is 7.78. The van der Waals surface area contributed by atoms with Gasteiger partial charge in [0.05, 0.1) is 12.1 Å². The molecule has 1 N–H and O–H groups in total. The Hall–Kier alpha value is -1.42. The van der Waals surface area contributed by atoms with E-state index in [9.17, 15) is 10.1 Å². The molecule has 1 aromatic heterocycles. The van der Waals surface area contributed by atoms with E-state index in [0.29, 0.717) is 23.4 Å². The maximum Gasteiger partial charge on any atom is 0.239 e. The molecule has 1 amide bonds. The lowest BCUT2D eigenvalue weighted by molar-refractivity contribution is -0.117. The number of likely N-dealkylation sites (N-methyl/N-ethyl adjacent to an activating group) is 1.